The van der Waals surface area contributed by atoms with Crippen molar-refractivity contribution in [2.24, 2.45) is 16.6 Å². The highest BCUT2D eigenvalue weighted by molar-refractivity contribution is 5.81. The minimum absolute atomic E-state index is 0. The maximum atomic E-state index is 11.7. The molecule has 2 N–H and O–H groups in total. The molecule has 0 spiro atoms. The Balaban J connectivity index is -0.000000144. The monoisotopic (exact) mass is 320 g/mol. The Bertz CT molecular complexity index is 309. The maximum absolute atomic E-state index is 11.7. The lowest BCUT2D eigenvalue weighted by atomic mass is 9.94. The molecule has 0 radical (unpaired) electrons. The van der Waals surface area contributed by atoms with E-state index in [1.54, 1.807) is 20.8 Å². The fourth-order valence-corrected chi connectivity index (χ4v) is 1.24. The summed E-state index contributed by atoms with van der Waals surface area (Å²) in [5.74, 6) is -0.0294. The van der Waals surface area contributed by atoms with Gasteiger partial charge >= 0.3 is 0 Å². The second-order valence-electron chi connectivity index (χ2n) is 6.77. The standard InChI is InChI=1S/C9H17NO2.C5H11NO.3CH4/c1-9(2,3)8(11)10-4-6-12-7-5-10;1-5(2,3)4(6)7;;;/h4-7H2,1-3H3;1-3H3,(H2,6,7);3*1H4. The zero-order valence-electron chi connectivity index (χ0n) is 13.1. The van der Waals surface area contributed by atoms with E-state index in [1.807, 2.05) is 25.7 Å². The smallest absolute Gasteiger partial charge is 0.228 e. The Kier molecular flexibility index (Phi) is 15.1. The number of ether oxygens (including phenoxy) is 1. The number of rotatable bonds is 0. The summed E-state index contributed by atoms with van der Waals surface area (Å²) in [6.45, 7) is 14.1. The summed E-state index contributed by atoms with van der Waals surface area (Å²) in [6.07, 6.45) is 0. The van der Waals surface area contributed by atoms with E-state index < -0.39 is 0 Å². The molecule has 0 aliphatic carbocycles. The van der Waals surface area contributed by atoms with Crippen LogP contribution in [0.25, 0.3) is 0 Å². The third kappa shape index (κ3) is 11.5. The summed E-state index contributed by atoms with van der Waals surface area (Å²) in [6, 6.07) is 0. The molecule has 1 heterocycles. The molecule has 0 saturated carbocycles. The first-order valence-corrected chi connectivity index (χ1v) is 6.63. The van der Waals surface area contributed by atoms with Gasteiger partial charge in [-0.2, -0.15) is 0 Å². The summed E-state index contributed by atoms with van der Waals surface area (Å²) in [4.78, 5) is 23.8. The highest BCUT2D eigenvalue weighted by Crippen LogP contribution is 2.17. The number of carbonyl (C=O) groups is 2. The molecule has 0 unspecified atom stereocenters. The van der Waals surface area contributed by atoms with Gasteiger partial charge in [0, 0.05) is 23.9 Å². The van der Waals surface area contributed by atoms with Gasteiger partial charge in [0.15, 0.2) is 0 Å². The predicted molar refractivity (Wildman–Crippen MR) is 95.7 cm³/mol. The Morgan fingerprint density at radius 3 is 1.41 bits per heavy atom. The highest BCUT2D eigenvalue weighted by atomic mass is 16.5. The molecule has 22 heavy (non-hydrogen) atoms. The number of primary amides is 1. The maximum Gasteiger partial charge on any atom is 0.228 e. The number of morpholine rings is 1. The van der Waals surface area contributed by atoms with Gasteiger partial charge < -0.3 is 15.4 Å². The fourth-order valence-electron chi connectivity index (χ4n) is 1.24. The van der Waals surface area contributed by atoms with Crippen LogP contribution in [0, 0.1) is 10.8 Å². The molecular weight excluding hydrogens is 280 g/mol. The van der Waals surface area contributed by atoms with Crippen LogP contribution in [0.15, 0.2) is 0 Å². The number of nitrogens with two attached hydrogens (primary N) is 1. The molecule has 0 aromatic heterocycles. The van der Waals surface area contributed by atoms with E-state index in [0.717, 1.165) is 13.1 Å². The summed E-state index contributed by atoms with van der Waals surface area (Å²) in [7, 11) is 0. The molecule has 0 aromatic rings. The lowest BCUT2D eigenvalue weighted by molar-refractivity contribution is -0.143. The van der Waals surface area contributed by atoms with Crippen molar-refractivity contribution in [1.82, 2.24) is 4.90 Å². The normalized spacial score (nSPS) is 14.2. The van der Waals surface area contributed by atoms with Gasteiger partial charge in [-0.1, -0.05) is 63.8 Å². The molecule has 1 rings (SSSR count). The van der Waals surface area contributed by atoms with E-state index >= 15 is 0 Å². The van der Waals surface area contributed by atoms with E-state index in [1.165, 1.54) is 0 Å². The molecule has 1 fully saturated rings. The van der Waals surface area contributed by atoms with Crippen molar-refractivity contribution in [3.63, 3.8) is 0 Å². The van der Waals surface area contributed by atoms with Crippen molar-refractivity contribution in [2.45, 2.75) is 63.8 Å². The molecule has 1 aliphatic rings. The van der Waals surface area contributed by atoms with Crippen LogP contribution >= 0.6 is 0 Å². The topological polar surface area (TPSA) is 72.6 Å². The van der Waals surface area contributed by atoms with Crippen molar-refractivity contribution >= 4 is 11.8 Å². The van der Waals surface area contributed by atoms with Gasteiger partial charge in [0.2, 0.25) is 11.8 Å². The van der Waals surface area contributed by atoms with Gasteiger partial charge in [-0.15, -0.1) is 0 Å². The Labute approximate surface area is 138 Å². The second kappa shape index (κ2) is 11.5. The molecule has 1 saturated heterocycles. The average Bonchev–Trinajstić information content (AvgIpc) is 2.27. The number of nitrogens with zero attached hydrogens (tertiary/aromatic N) is 1. The van der Waals surface area contributed by atoms with Crippen LogP contribution in [0.3, 0.4) is 0 Å². The number of carbonyl (C=O) groups excluding carboxylic acids is 2. The molecule has 5 heteroatoms. The van der Waals surface area contributed by atoms with E-state index in [9.17, 15) is 9.59 Å². The lowest BCUT2D eigenvalue weighted by Crippen LogP contribution is -2.45. The van der Waals surface area contributed by atoms with Crippen LogP contribution in [0.4, 0.5) is 0 Å². The van der Waals surface area contributed by atoms with Crippen molar-refractivity contribution < 1.29 is 14.3 Å². The second-order valence-corrected chi connectivity index (χ2v) is 6.77. The van der Waals surface area contributed by atoms with Gasteiger partial charge in [-0.05, 0) is 0 Å². The fraction of sp³-hybridized carbons (Fsp3) is 0.882. The Hall–Kier alpha value is -1.10. The highest BCUT2D eigenvalue weighted by Gasteiger charge is 2.27. The van der Waals surface area contributed by atoms with Crippen LogP contribution in [0.2, 0.25) is 0 Å². The van der Waals surface area contributed by atoms with Crippen LogP contribution in [-0.4, -0.2) is 43.0 Å². The molecule has 5 nitrogen and oxygen atoms in total. The first-order valence-electron chi connectivity index (χ1n) is 6.63. The van der Waals surface area contributed by atoms with Gasteiger partial charge in [0.25, 0.3) is 0 Å². The minimum atomic E-state index is -0.361. The third-order valence-corrected chi connectivity index (χ3v) is 2.68. The first kappa shape index (κ1) is 29.0. The van der Waals surface area contributed by atoms with Gasteiger partial charge in [-0.25, -0.2) is 0 Å². The number of hydrogen-bond donors (Lipinski definition) is 1. The Morgan fingerprint density at radius 2 is 1.18 bits per heavy atom. The molecule has 0 bridgehead atoms. The molecule has 2 amide bonds. The number of amides is 2. The molecule has 0 atom stereocenters. The van der Waals surface area contributed by atoms with E-state index in [0.29, 0.717) is 13.2 Å². The van der Waals surface area contributed by atoms with Gasteiger partial charge in [0.1, 0.15) is 0 Å². The van der Waals surface area contributed by atoms with Crippen molar-refractivity contribution in [3.8, 4) is 0 Å². The Morgan fingerprint density at radius 1 is 0.864 bits per heavy atom. The van der Waals surface area contributed by atoms with Crippen molar-refractivity contribution in [3.05, 3.63) is 0 Å². The SMILES string of the molecule is C.C.C.CC(C)(C)C(=O)N1CCOCC1.CC(C)(C)C(N)=O. The van der Waals surface area contributed by atoms with Crippen LogP contribution < -0.4 is 5.73 Å². The summed E-state index contributed by atoms with van der Waals surface area (Å²) < 4.78 is 5.17. The lowest BCUT2D eigenvalue weighted by Gasteiger charge is -2.32. The van der Waals surface area contributed by atoms with Crippen LogP contribution in [0.1, 0.15) is 63.8 Å². The van der Waals surface area contributed by atoms with Gasteiger partial charge in [-0.3, -0.25) is 9.59 Å². The van der Waals surface area contributed by atoms with E-state index in [4.69, 9.17) is 10.5 Å². The van der Waals surface area contributed by atoms with Crippen molar-refractivity contribution in [2.75, 3.05) is 26.3 Å². The largest absolute Gasteiger partial charge is 0.378 e. The zero-order chi connectivity index (χ0) is 15.3. The average molecular weight is 321 g/mol. The minimum Gasteiger partial charge on any atom is -0.378 e. The molecular formula is C17H40N2O3. The first-order chi connectivity index (χ1) is 8.46. The summed E-state index contributed by atoms with van der Waals surface area (Å²) in [5.41, 5.74) is 4.32. The molecule has 0 aromatic carbocycles. The molecule has 1 aliphatic heterocycles. The number of hydrogen-bond acceptors (Lipinski definition) is 3. The van der Waals surface area contributed by atoms with Gasteiger partial charge in [0.05, 0.1) is 13.2 Å². The van der Waals surface area contributed by atoms with E-state index in [-0.39, 0.29) is 44.9 Å². The van der Waals surface area contributed by atoms with Crippen LogP contribution in [-0.2, 0) is 14.3 Å². The predicted octanol–water partition coefficient (Wildman–Crippen LogP) is 3.32. The molecule has 136 valence electrons. The summed E-state index contributed by atoms with van der Waals surface area (Å²) in [5, 5.41) is 0. The quantitative estimate of drug-likeness (QED) is 0.744. The van der Waals surface area contributed by atoms with E-state index in [2.05, 4.69) is 0 Å². The van der Waals surface area contributed by atoms with Crippen LogP contribution in [0.5, 0.6) is 0 Å². The zero-order valence-corrected chi connectivity index (χ0v) is 13.1. The van der Waals surface area contributed by atoms with Crippen molar-refractivity contribution in [1.29, 1.82) is 0 Å². The summed E-state index contributed by atoms with van der Waals surface area (Å²) >= 11 is 0. The third-order valence-electron chi connectivity index (χ3n) is 2.68.